The van der Waals surface area contributed by atoms with Crippen LogP contribution in [0.25, 0.3) is 11.3 Å². The van der Waals surface area contributed by atoms with Crippen LogP contribution in [0, 0.1) is 0 Å². The zero-order valence-electron chi connectivity index (χ0n) is 14.4. The third-order valence-electron chi connectivity index (χ3n) is 4.16. The second-order valence-electron chi connectivity index (χ2n) is 6.09. The molecule has 0 saturated heterocycles. The van der Waals surface area contributed by atoms with Gasteiger partial charge in [0, 0.05) is 16.7 Å². The van der Waals surface area contributed by atoms with E-state index in [0.29, 0.717) is 35.4 Å². The maximum Gasteiger partial charge on any atom is 0.224 e. The summed E-state index contributed by atoms with van der Waals surface area (Å²) >= 11 is 6.08. The number of nitrogens with zero attached hydrogens (tertiary/aromatic N) is 1. The molecule has 6 nitrogen and oxygen atoms in total. The van der Waals surface area contributed by atoms with Crippen molar-refractivity contribution in [1.29, 1.82) is 0 Å². The van der Waals surface area contributed by atoms with Gasteiger partial charge in [0.2, 0.25) is 5.91 Å². The van der Waals surface area contributed by atoms with Crippen LogP contribution in [0.5, 0.6) is 11.5 Å². The van der Waals surface area contributed by atoms with Crippen molar-refractivity contribution in [2.24, 2.45) is 0 Å². The van der Waals surface area contributed by atoms with Crippen LogP contribution in [0.4, 0.5) is 0 Å². The summed E-state index contributed by atoms with van der Waals surface area (Å²) < 4.78 is 16.5. The van der Waals surface area contributed by atoms with Crippen molar-refractivity contribution >= 4 is 17.5 Å². The number of hydrogen-bond acceptors (Lipinski definition) is 5. The molecule has 0 saturated carbocycles. The van der Waals surface area contributed by atoms with E-state index in [0.717, 1.165) is 16.9 Å². The maximum atomic E-state index is 12.1. The Balaban J connectivity index is 1.38. The number of aromatic nitrogens is 1. The molecule has 4 rings (SSSR count). The van der Waals surface area contributed by atoms with Crippen LogP contribution in [0.3, 0.4) is 0 Å². The molecule has 2 heterocycles. The SMILES string of the molecule is O=C(Cc1ccccc1Cl)NCc1cc(-c2ccc3c(c2)OCCO3)on1. The first-order valence-corrected chi connectivity index (χ1v) is 8.92. The third kappa shape index (κ3) is 4.06. The fourth-order valence-corrected chi connectivity index (χ4v) is 3.00. The number of hydrogen-bond donors (Lipinski definition) is 1. The molecular formula is C20H17ClN2O4. The van der Waals surface area contributed by atoms with Gasteiger partial charge >= 0.3 is 0 Å². The molecule has 0 aliphatic carbocycles. The highest BCUT2D eigenvalue weighted by Crippen LogP contribution is 2.34. The molecule has 0 atom stereocenters. The van der Waals surface area contributed by atoms with Gasteiger partial charge in [-0.2, -0.15) is 0 Å². The molecule has 1 N–H and O–H groups in total. The number of benzene rings is 2. The Labute approximate surface area is 161 Å². The van der Waals surface area contributed by atoms with Gasteiger partial charge in [-0.15, -0.1) is 0 Å². The second-order valence-corrected chi connectivity index (χ2v) is 6.49. The summed E-state index contributed by atoms with van der Waals surface area (Å²) in [5.41, 5.74) is 2.25. The smallest absolute Gasteiger partial charge is 0.224 e. The molecule has 0 spiro atoms. The van der Waals surface area contributed by atoms with Crippen LogP contribution in [-0.4, -0.2) is 24.3 Å². The summed E-state index contributed by atoms with van der Waals surface area (Å²) in [7, 11) is 0. The Morgan fingerprint density at radius 2 is 1.89 bits per heavy atom. The molecule has 1 amide bonds. The number of amides is 1. The number of carbonyl (C=O) groups excluding carboxylic acids is 1. The van der Waals surface area contributed by atoms with Crippen molar-refractivity contribution in [3.8, 4) is 22.8 Å². The quantitative estimate of drug-likeness (QED) is 0.727. The van der Waals surface area contributed by atoms with Crippen LogP contribution in [-0.2, 0) is 17.8 Å². The van der Waals surface area contributed by atoms with E-state index in [4.69, 9.17) is 25.6 Å². The Kier molecular flexibility index (Phi) is 4.98. The summed E-state index contributed by atoms with van der Waals surface area (Å²) in [6, 6.07) is 14.7. The molecular weight excluding hydrogens is 368 g/mol. The number of carbonyl (C=O) groups is 1. The highest BCUT2D eigenvalue weighted by Gasteiger charge is 2.15. The van der Waals surface area contributed by atoms with Gasteiger partial charge in [0.15, 0.2) is 17.3 Å². The standard InChI is InChI=1S/C20H17ClN2O4/c21-16-4-2-1-3-13(16)10-20(24)22-12-15-11-18(27-23-15)14-5-6-17-19(9-14)26-8-7-25-17/h1-6,9,11H,7-8,10,12H2,(H,22,24). The van der Waals surface area contributed by atoms with E-state index in [9.17, 15) is 4.79 Å². The van der Waals surface area contributed by atoms with Crippen molar-refractivity contribution in [3.05, 3.63) is 64.8 Å². The maximum absolute atomic E-state index is 12.1. The number of fused-ring (bicyclic) bond motifs is 1. The summed E-state index contributed by atoms with van der Waals surface area (Å²) in [6.07, 6.45) is 0.215. The Hall–Kier alpha value is -2.99. The highest BCUT2D eigenvalue weighted by atomic mass is 35.5. The van der Waals surface area contributed by atoms with E-state index in [1.807, 2.05) is 36.4 Å². The van der Waals surface area contributed by atoms with Gasteiger partial charge < -0.3 is 19.3 Å². The second kappa shape index (κ2) is 7.72. The fraction of sp³-hybridized carbons (Fsp3) is 0.200. The van der Waals surface area contributed by atoms with Crippen molar-refractivity contribution in [1.82, 2.24) is 10.5 Å². The van der Waals surface area contributed by atoms with E-state index >= 15 is 0 Å². The lowest BCUT2D eigenvalue weighted by Crippen LogP contribution is -2.24. The van der Waals surface area contributed by atoms with E-state index in [1.165, 1.54) is 0 Å². The topological polar surface area (TPSA) is 73.6 Å². The molecule has 2 aromatic carbocycles. The Bertz CT molecular complexity index is 970. The molecule has 0 radical (unpaired) electrons. The minimum Gasteiger partial charge on any atom is -0.486 e. The van der Waals surface area contributed by atoms with Crippen molar-refractivity contribution in [2.75, 3.05) is 13.2 Å². The zero-order chi connectivity index (χ0) is 18.6. The molecule has 7 heteroatoms. The van der Waals surface area contributed by atoms with Crippen LogP contribution in [0.1, 0.15) is 11.3 Å². The molecule has 1 aliphatic heterocycles. The predicted molar refractivity (Wildman–Crippen MR) is 99.9 cm³/mol. The van der Waals surface area contributed by atoms with E-state index < -0.39 is 0 Å². The molecule has 0 bridgehead atoms. The Morgan fingerprint density at radius 1 is 1.07 bits per heavy atom. The minimum atomic E-state index is -0.132. The molecule has 0 fully saturated rings. The third-order valence-corrected chi connectivity index (χ3v) is 4.53. The Morgan fingerprint density at radius 3 is 2.74 bits per heavy atom. The van der Waals surface area contributed by atoms with Gasteiger partial charge in [0.05, 0.1) is 13.0 Å². The molecule has 0 unspecified atom stereocenters. The molecule has 138 valence electrons. The zero-order valence-corrected chi connectivity index (χ0v) is 15.2. The van der Waals surface area contributed by atoms with E-state index in [-0.39, 0.29) is 18.9 Å². The van der Waals surface area contributed by atoms with Crippen LogP contribution in [0.2, 0.25) is 5.02 Å². The number of halogens is 1. The average Bonchev–Trinajstić information content (AvgIpc) is 3.17. The van der Waals surface area contributed by atoms with Crippen LogP contribution >= 0.6 is 11.6 Å². The summed E-state index contributed by atoms with van der Waals surface area (Å²) in [5.74, 6) is 1.87. The van der Waals surface area contributed by atoms with Gasteiger partial charge in [0.1, 0.15) is 18.9 Å². The fourth-order valence-electron chi connectivity index (χ4n) is 2.79. The normalized spacial score (nSPS) is 12.6. The molecule has 3 aromatic rings. The van der Waals surface area contributed by atoms with Gasteiger partial charge in [-0.05, 0) is 29.8 Å². The van der Waals surface area contributed by atoms with Crippen molar-refractivity contribution < 1.29 is 18.8 Å². The lowest BCUT2D eigenvalue weighted by Gasteiger charge is -2.18. The van der Waals surface area contributed by atoms with Gasteiger partial charge in [0.25, 0.3) is 0 Å². The predicted octanol–water partition coefficient (Wildman–Crippen LogP) is 3.63. The van der Waals surface area contributed by atoms with Crippen molar-refractivity contribution in [2.45, 2.75) is 13.0 Å². The lowest BCUT2D eigenvalue weighted by atomic mass is 10.1. The number of nitrogens with one attached hydrogen (secondary N) is 1. The van der Waals surface area contributed by atoms with E-state index in [1.54, 1.807) is 12.1 Å². The first kappa shape index (κ1) is 17.4. The van der Waals surface area contributed by atoms with Crippen molar-refractivity contribution in [3.63, 3.8) is 0 Å². The molecule has 1 aliphatic rings. The summed E-state index contributed by atoms with van der Waals surface area (Å²) in [5, 5.41) is 7.42. The van der Waals surface area contributed by atoms with E-state index in [2.05, 4.69) is 10.5 Å². The van der Waals surface area contributed by atoms with Gasteiger partial charge in [-0.25, -0.2) is 0 Å². The van der Waals surface area contributed by atoms with Crippen LogP contribution in [0.15, 0.2) is 53.1 Å². The summed E-state index contributed by atoms with van der Waals surface area (Å²) in [4.78, 5) is 12.1. The number of rotatable bonds is 5. The molecule has 1 aromatic heterocycles. The summed E-state index contributed by atoms with van der Waals surface area (Å²) in [6.45, 7) is 1.35. The van der Waals surface area contributed by atoms with Gasteiger partial charge in [-0.1, -0.05) is 35.0 Å². The first-order chi connectivity index (χ1) is 13.2. The largest absolute Gasteiger partial charge is 0.486 e. The first-order valence-electron chi connectivity index (χ1n) is 8.55. The monoisotopic (exact) mass is 384 g/mol. The van der Waals surface area contributed by atoms with Gasteiger partial charge in [-0.3, -0.25) is 4.79 Å². The average molecular weight is 385 g/mol. The number of ether oxygens (including phenoxy) is 2. The molecule has 27 heavy (non-hydrogen) atoms. The highest BCUT2D eigenvalue weighted by molar-refractivity contribution is 6.31. The lowest BCUT2D eigenvalue weighted by molar-refractivity contribution is -0.120. The minimum absolute atomic E-state index is 0.132. The van der Waals surface area contributed by atoms with Crippen LogP contribution < -0.4 is 14.8 Å².